The van der Waals surface area contributed by atoms with E-state index in [-0.39, 0.29) is 4.75 Å². The van der Waals surface area contributed by atoms with Crippen molar-refractivity contribution in [2.45, 2.75) is 23.5 Å². The predicted octanol–water partition coefficient (Wildman–Crippen LogP) is 5.65. The quantitative estimate of drug-likeness (QED) is 0.546. The zero-order valence-corrected chi connectivity index (χ0v) is 18.1. The SMILES string of the molecule is Cc1ccc(S(=O)(=O)N2CC(C)(c3ccccc3)SC2=Cc2ccccc2)cc1. The lowest BCUT2D eigenvalue weighted by Gasteiger charge is -2.24. The van der Waals surface area contributed by atoms with Crippen LogP contribution < -0.4 is 0 Å². The van der Waals surface area contributed by atoms with Gasteiger partial charge in [-0.05, 0) is 43.2 Å². The van der Waals surface area contributed by atoms with Gasteiger partial charge in [-0.2, -0.15) is 0 Å². The molecule has 1 fully saturated rings. The van der Waals surface area contributed by atoms with Crippen LogP contribution in [0.25, 0.3) is 6.08 Å². The van der Waals surface area contributed by atoms with E-state index in [2.05, 4.69) is 19.1 Å². The second kappa shape index (κ2) is 7.73. The number of sulfonamides is 1. The monoisotopic (exact) mass is 421 g/mol. The van der Waals surface area contributed by atoms with Crippen molar-refractivity contribution in [2.75, 3.05) is 6.54 Å². The van der Waals surface area contributed by atoms with E-state index in [9.17, 15) is 8.42 Å². The van der Waals surface area contributed by atoms with Crippen molar-refractivity contribution in [2.24, 2.45) is 0 Å². The first-order valence-electron chi connectivity index (χ1n) is 9.49. The molecule has 4 rings (SSSR count). The first-order valence-corrected chi connectivity index (χ1v) is 11.7. The summed E-state index contributed by atoms with van der Waals surface area (Å²) in [6.07, 6.45) is 1.96. The molecular weight excluding hydrogens is 398 g/mol. The van der Waals surface area contributed by atoms with Gasteiger partial charge in [0.05, 0.1) is 21.2 Å². The van der Waals surface area contributed by atoms with Crippen LogP contribution in [0, 0.1) is 6.92 Å². The molecule has 3 nitrogen and oxygen atoms in total. The minimum absolute atomic E-state index is 0.319. The fourth-order valence-electron chi connectivity index (χ4n) is 3.44. The van der Waals surface area contributed by atoms with Crippen LogP contribution in [0.15, 0.2) is 94.9 Å². The highest BCUT2D eigenvalue weighted by atomic mass is 32.2. The minimum Gasteiger partial charge on any atom is -0.259 e. The Morgan fingerprint density at radius 1 is 0.897 bits per heavy atom. The van der Waals surface area contributed by atoms with Crippen LogP contribution in [0.2, 0.25) is 0 Å². The van der Waals surface area contributed by atoms with Gasteiger partial charge in [0.2, 0.25) is 0 Å². The van der Waals surface area contributed by atoms with Gasteiger partial charge >= 0.3 is 0 Å². The molecule has 0 aliphatic carbocycles. The summed E-state index contributed by atoms with van der Waals surface area (Å²) in [6, 6.07) is 27.0. The second-order valence-electron chi connectivity index (χ2n) is 7.42. The molecule has 0 aromatic heterocycles. The standard InChI is InChI=1S/C24H23NO2S2/c1-19-13-15-22(16-14-19)29(26,27)25-18-24(2,21-11-7-4-8-12-21)28-23(25)17-20-9-5-3-6-10-20/h3-17H,18H2,1-2H3. The molecule has 1 saturated heterocycles. The maximum absolute atomic E-state index is 13.5. The lowest BCUT2D eigenvalue weighted by atomic mass is 10.0. The summed E-state index contributed by atoms with van der Waals surface area (Å²) in [7, 11) is -3.66. The van der Waals surface area contributed by atoms with Crippen molar-refractivity contribution >= 4 is 27.9 Å². The summed E-state index contributed by atoms with van der Waals surface area (Å²) in [5, 5.41) is 0.739. The van der Waals surface area contributed by atoms with E-state index in [0.29, 0.717) is 11.4 Å². The smallest absolute Gasteiger partial charge is 0.259 e. The zero-order chi connectivity index (χ0) is 20.5. The largest absolute Gasteiger partial charge is 0.264 e. The lowest BCUT2D eigenvalue weighted by molar-refractivity contribution is 0.472. The zero-order valence-electron chi connectivity index (χ0n) is 16.4. The van der Waals surface area contributed by atoms with E-state index < -0.39 is 10.0 Å². The van der Waals surface area contributed by atoms with Gasteiger partial charge in [-0.15, -0.1) is 0 Å². The first kappa shape index (κ1) is 19.8. The molecular formula is C24H23NO2S2. The molecule has 0 radical (unpaired) electrons. The molecule has 1 atom stereocenters. The van der Waals surface area contributed by atoms with Crippen LogP contribution in [0.4, 0.5) is 0 Å². The summed E-state index contributed by atoms with van der Waals surface area (Å²) in [6.45, 7) is 4.45. The van der Waals surface area contributed by atoms with Gasteiger partial charge in [-0.25, -0.2) is 8.42 Å². The molecule has 0 bridgehead atoms. The summed E-state index contributed by atoms with van der Waals surface area (Å²) >= 11 is 1.60. The van der Waals surface area contributed by atoms with Crippen molar-refractivity contribution in [1.29, 1.82) is 0 Å². The number of hydrogen-bond acceptors (Lipinski definition) is 3. The topological polar surface area (TPSA) is 37.4 Å². The number of aryl methyl sites for hydroxylation is 1. The third-order valence-corrected chi connectivity index (χ3v) is 8.36. The van der Waals surface area contributed by atoms with E-state index in [4.69, 9.17) is 0 Å². The Bertz CT molecular complexity index is 1120. The van der Waals surface area contributed by atoms with Crippen LogP contribution in [0.1, 0.15) is 23.6 Å². The Morgan fingerprint density at radius 2 is 1.48 bits per heavy atom. The van der Waals surface area contributed by atoms with Gasteiger partial charge in [0.15, 0.2) is 0 Å². The number of nitrogens with zero attached hydrogens (tertiary/aromatic N) is 1. The van der Waals surface area contributed by atoms with Gasteiger partial charge in [0, 0.05) is 0 Å². The molecule has 5 heteroatoms. The molecule has 1 aliphatic rings. The Hall–Kier alpha value is -2.50. The summed E-state index contributed by atoms with van der Waals surface area (Å²) in [5.74, 6) is 0. The van der Waals surface area contributed by atoms with Crippen molar-refractivity contribution in [3.63, 3.8) is 0 Å². The van der Waals surface area contributed by atoms with Crippen molar-refractivity contribution in [1.82, 2.24) is 4.31 Å². The van der Waals surface area contributed by atoms with Gasteiger partial charge < -0.3 is 0 Å². The molecule has 1 heterocycles. The van der Waals surface area contributed by atoms with Crippen LogP contribution in [0.5, 0.6) is 0 Å². The molecule has 0 spiro atoms. The van der Waals surface area contributed by atoms with Gasteiger partial charge in [0.1, 0.15) is 0 Å². The van der Waals surface area contributed by atoms with E-state index in [0.717, 1.165) is 21.7 Å². The molecule has 0 saturated carbocycles. The van der Waals surface area contributed by atoms with Gasteiger partial charge in [0.25, 0.3) is 10.0 Å². The highest BCUT2D eigenvalue weighted by Gasteiger charge is 2.44. The lowest BCUT2D eigenvalue weighted by Crippen LogP contribution is -2.32. The average Bonchev–Trinajstić information content (AvgIpc) is 3.08. The third-order valence-electron chi connectivity index (χ3n) is 5.10. The maximum Gasteiger partial charge on any atom is 0.264 e. The van der Waals surface area contributed by atoms with Crippen LogP contribution >= 0.6 is 11.8 Å². The maximum atomic E-state index is 13.5. The number of benzene rings is 3. The van der Waals surface area contributed by atoms with Crippen molar-refractivity contribution < 1.29 is 8.42 Å². The first-order chi connectivity index (χ1) is 13.9. The Morgan fingerprint density at radius 3 is 2.10 bits per heavy atom. The minimum atomic E-state index is -3.66. The Balaban J connectivity index is 1.80. The molecule has 3 aromatic rings. The van der Waals surface area contributed by atoms with Crippen LogP contribution in [-0.4, -0.2) is 19.3 Å². The predicted molar refractivity (Wildman–Crippen MR) is 121 cm³/mol. The highest BCUT2D eigenvalue weighted by Crippen LogP contribution is 2.51. The third kappa shape index (κ3) is 3.98. The summed E-state index contributed by atoms with van der Waals surface area (Å²) in [5.41, 5.74) is 3.14. The number of rotatable bonds is 4. The molecule has 1 aliphatic heterocycles. The van der Waals surface area contributed by atoms with E-state index in [1.807, 2.05) is 73.7 Å². The summed E-state index contributed by atoms with van der Waals surface area (Å²) in [4.78, 5) is 0.319. The fraction of sp³-hybridized carbons (Fsp3) is 0.167. The Labute approximate surface area is 177 Å². The average molecular weight is 422 g/mol. The molecule has 1 unspecified atom stereocenters. The molecule has 0 amide bonds. The fourth-order valence-corrected chi connectivity index (χ4v) is 6.65. The number of thioether (sulfide) groups is 1. The van der Waals surface area contributed by atoms with E-state index in [1.54, 1.807) is 28.2 Å². The van der Waals surface area contributed by atoms with Crippen LogP contribution in [0.3, 0.4) is 0 Å². The van der Waals surface area contributed by atoms with Crippen molar-refractivity contribution in [3.05, 3.63) is 107 Å². The normalized spacial score (nSPS) is 20.9. The molecule has 0 N–H and O–H groups in total. The second-order valence-corrected chi connectivity index (χ2v) is 10.8. The van der Waals surface area contributed by atoms with Gasteiger partial charge in [-0.1, -0.05) is 90.1 Å². The van der Waals surface area contributed by atoms with Crippen LogP contribution in [-0.2, 0) is 14.8 Å². The highest BCUT2D eigenvalue weighted by molar-refractivity contribution is 8.05. The van der Waals surface area contributed by atoms with E-state index in [1.165, 1.54) is 0 Å². The molecule has 3 aromatic carbocycles. The van der Waals surface area contributed by atoms with E-state index >= 15 is 0 Å². The summed E-state index contributed by atoms with van der Waals surface area (Å²) < 4.78 is 28.3. The Kier molecular flexibility index (Phi) is 5.28. The van der Waals surface area contributed by atoms with Gasteiger partial charge in [-0.3, -0.25) is 4.31 Å². The molecule has 148 valence electrons. The van der Waals surface area contributed by atoms with Crippen molar-refractivity contribution in [3.8, 4) is 0 Å². The molecule has 29 heavy (non-hydrogen) atoms. The number of hydrogen-bond donors (Lipinski definition) is 0.